The summed E-state index contributed by atoms with van der Waals surface area (Å²) < 4.78 is 11.1. The summed E-state index contributed by atoms with van der Waals surface area (Å²) in [6.45, 7) is 6.19. The molecule has 1 heterocycles. The number of hydrogen-bond donors (Lipinski definition) is 1. The molecule has 0 radical (unpaired) electrons. The van der Waals surface area contributed by atoms with E-state index in [1.165, 1.54) is 25.7 Å². The van der Waals surface area contributed by atoms with Gasteiger partial charge in [0.2, 0.25) is 0 Å². The van der Waals surface area contributed by atoms with Crippen molar-refractivity contribution in [3.63, 3.8) is 0 Å². The maximum absolute atomic E-state index is 5.98. The van der Waals surface area contributed by atoms with Gasteiger partial charge in [0, 0.05) is 7.11 Å². The molecule has 1 saturated carbocycles. The lowest BCUT2D eigenvalue weighted by atomic mass is 9.78. The maximum Gasteiger partial charge on any atom is 0.129 e. The molecule has 114 valence electrons. The fourth-order valence-corrected chi connectivity index (χ4v) is 3.20. The van der Waals surface area contributed by atoms with Crippen LogP contribution in [0.4, 0.5) is 0 Å². The number of furan rings is 1. The van der Waals surface area contributed by atoms with Gasteiger partial charge in [-0.2, -0.15) is 0 Å². The first kappa shape index (κ1) is 15.6. The molecule has 1 aromatic heterocycles. The summed E-state index contributed by atoms with van der Waals surface area (Å²) in [5.41, 5.74) is 0. The molecule has 0 aromatic carbocycles. The molecule has 1 unspecified atom stereocenters. The number of ether oxygens (including phenoxy) is 1. The van der Waals surface area contributed by atoms with E-state index in [4.69, 9.17) is 9.15 Å². The molecule has 1 atom stereocenters. The van der Waals surface area contributed by atoms with Crippen molar-refractivity contribution in [3.05, 3.63) is 23.7 Å². The molecule has 2 rings (SSSR count). The summed E-state index contributed by atoms with van der Waals surface area (Å²) in [7, 11) is 1.71. The van der Waals surface area contributed by atoms with Gasteiger partial charge < -0.3 is 14.5 Å². The van der Waals surface area contributed by atoms with Crippen LogP contribution in [-0.2, 0) is 11.3 Å². The van der Waals surface area contributed by atoms with Gasteiger partial charge in [-0.3, -0.25) is 0 Å². The lowest BCUT2D eigenvalue weighted by Gasteiger charge is -2.32. The van der Waals surface area contributed by atoms with Crippen molar-refractivity contribution in [3.8, 4) is 0 Å². The van der Waals surface area contributed by atoms with E-state index in [2.05, 4.69) is 25.2 Å². The minimum Gasteiger partial charge on any atom is -0.462 e. The molecule has 0 bridgehead atoms. The quantitative estimate of drug-likeness (QED) is 0.808. The summed E-state index contributed by atoms with van der Waals surface area (Å²) in [4.78, 5) is 0. The van der Waals surface area contributed by atoms with E-state index in [0.717, 1.165) is 30.4 Å². The van der Waals surface area contributed by atoms with Crippen molar-refractivity contribution in [1.82, 2.24) is 5.32 Å². The van der Waals surface area contributed by atoms with E-state index < -0.39 is 0 Å². The van der Waals surface area contributed by atoms with Gasteiger partial charge in [0.05, 0.1) is 6.04 Å². The predicted octanol–water partition coefficient (Wildman–Crippen LogP) is 4.29. The number of rotatable bonds is 7. The van der Waals surface area contributed by atoms with E-state index in [1.54, 1.807) is 7.11 Å². The van der Waals surface area contributed by atoms with Crippen molar-refractivity contribution in [1.29, 1.82) is 0 Å². The molecule has 3 nitrogen and oxygen atoms in total. The SMILES string of the molecule is CCCNC(c1ccc(COC)o1)C1CCC(C)CC1. The molecule has 1 aromatic rings. The van der Waals surface area contributed by atoms with E-state index in [1.807, 2.05) is 6.07 Å². The third-order valence-corrected chi connectivity index (χ3v) is 4.42. The Labute approximate surface area is 123 Å². The summed E-state index contributed by atoms with van der Waals surface area (Å²) in [5, 5.41) is 3.69. The standard InChI is InChI=1S/C17H29NO2/c1-4-11-18-17(14-7-5-13(2)6-8-14)16-10-9-15(20-16)12-19-3/h9-10,13-14,17-18H,4-8,11-12H2,1-3H3. The lowest BCUT2D eigenvalue weighted by Crippen LogP contribution is -2.31. The van der Waals surface area contributed by atoms with E-state index in [-0.39, 0.29) is 0 Å². The van der Waals surface area contributed by atoms with Crippen LogP contribution in [0.3, 0.4) is 0 Å². The van der Waals surface area contributed by atoms with Crippen LogP contribution >= 0.6 is 0 Å². The smallest absolute Gasteiger partial charge is 0.129 e. The lowest BCUT2D eigenvalue weighted by molar-refractivity contribution is 0.156. The van der Waals surface area contributed by atoms with Gasteiger partial charge in [0.1, 0.15) is 18.1 Å². The fraction of sp³-hybridized carbons (Fsp3) is 0.765. The summed E-state index contributed by atoms with van der Waals surface area (Å²) in [5.74, 6) is 3.61. The highest BCUT2D eigenvalue weighted by atomic mass is 16.5. The molecule has 0 amide bonds. The topological polar surface area (TPSA) is 34.4 Å². The van der Waals surface area contributed by atoms with Crippen LogP contribution in [-0.4, -0.2) is 13.7 Å². The zero-order valence-electron chi connectivity index (χ0n) is 13.2. The molecular formula is C17H29NO2. The molecule has 1 fully saturated rings. The minimum atomic E-state index is 0.369. The largest absolute Gasteiger partial charge is 0.462 e. The Morgan fingerprint density at radius 1 is 1.30 bits per heavy atom. The second-order valence-corrected chi connectivity index (χ2v) is 6.19. The monoisotopic (exact) mass is 279 g/mol. The van der Waals surface area contributed by atoms with Gasteiger partial charge in [-0.25, -0.2) is 0 Å². The Bertz CT molecular complexity index is 380. The Morgan fingerprint density at radius 3 is 2.70 bits per heavy atom. The van der Waals surface area contributed by atoms with Crippen molar-refractivity contribution >= 4 is 0 Å². The highest BCUT2D eigenvalue weighted by Gasteiger charge is 2.28. The van der Waals surface area contributed by atoms with Gasteiger partial charge in [-0.1, -0.05) is 26.7 Å². The van der Waals surface area contributed by atoms with Crippen LogP contribution in [0.25, 0.3) is 0 Å². The van der Waals surface area contributed by atoms with Gasteiger partial charge in [0.15, 0.2) is 0 Å². The van der Waals surface area contributed by atoms with Crippen LogP contribution < -0.4 is 5.32 Å². The average Bonchev–Trinajstić information content (AvgIpc) is 2.90. The van der Waals surface area contributed by atoms with Gasteiger partial charge in [0.25, 0.3) is 0 Å². The van der Waals surface area contributed by atoms with Crippen LogP contribution in [0, 0.1) is 11.8 Å². The molecule has 0 aliphatic heterocycles. The first-order valence-corrected chi connectivity index (χ1v) is 8.05. The normalized spacial score (nSPS) is 24.8. The fourth-order valence-electron chi connectivity index (χ4n) is 3.20. The Morgan fingerprint density at radius 2 is 2.05 bits per heavy atom. The van der Waals surface area contributed by atoms with Gasteiger partial charge in [-0.15, -0.1) is 0 Å². The number of nitrogens with one attached hydrogen (secondary N) is 1. The summed E-state index contributed by atoms with van der Waals surface area (Å²) >= 11 is 0. The molecular weight excluding hydrogens is 250 g/mol. The molecule has 0 spiro atoms. The van der Waals surface area contributed by atoms with E-state index in [9.17, 15) is 0 Å². The van der Waals surface area contributed by atoms with Crippen molar-refractivity contribution < 1.29 is 9.15 Å². The van der Waals surface area contributed by atoms with Gasteiger partial charge in [-0.05, 0) is 49.8 Å². The first-order chi connectivity index (χ1) is 9.74. The van der Waals surface area contributed by atoms with Crippen molar-refractivity contribution in [2.24, 2.45) is 11.8 Å². The maximum atomic E-state index is 5.98. The second kappa shape index (κ2) is 7.84. The zero-order chi connectivity index (χ0) is 14.4. The highest BCUT2D eigenvalue weighted by molar-refractivity contribution is 5.12. The Kier molecular flexibility index (Phi) is 6.11. The van der Waals surface area contributed by atoms with E-state index in [0.29, 0.717) is 18.6 Å². The third-order valence-electron chi connectivity index (χ3n) is 4.42. The number of hydrogen-bond acceptors (Lipinski definition) is 3. The number of methoxy groups -OCH3 is 1. The molecule has 1 aliphatic carbocycles. The molecule has 1 aliphatic rings. The second-order valence-electron chi connectivity index (χ2n) is 6.19. The molecule has 1 N–H and O–H groups in total. The van der Waals surface area contributed by atoms with Crippen LogP contribution in [0.2, 0.25) is 0 Å². The van der Waals surface area contributed by atoms with Crippen molar-refractivity contribution in [2.45, 2.75) is 58.6 Å². The summed E-state index contributed by atoms with van der Waals surface area (Å²) in [6.07, 6.45) is 6.47. The first-order valence-electron chi connectivity index (χ1n) is 8.05. The summed E-state index contributed by atoms with van der Waals surface area (Å²) in [6, 6.07) is 4.54. The van der Waals surface area contributed by atoms with Crippen LogP contribution in [0.15, 0.2) is 16.5 Å². The van der Waals surface area contributed by atoms with Crippen molar-refractivity contribution in [2.75, 3.05) is 13.7 Å². The molecule has 3 heteroatoms. The Hall–Kier alpha value is -0.800. The molecule has 0 saturated heterocycles. The Balaban J connectivity index is 2.05. The third kappa shape index (κ3) is 4.10. The van der Waals surface area contributed by atoms with Gasteiger partial charge >= 0.3 is 0 Å². The predicted molar refractivity (Wildman–Crippen MR) is 81.6 cm³/mol. The van der Waals surface area contributed by atoms with Crippen LogP contribution in [0.5, 0.6) is 0 Å². The molecule has 20 heavy (non-hydrogen) atoms. The highest BCUT2D eigenvalue weighted by Crippen LogP contribution is 2.37. The van der Waals surface area contributed by atoms with E-state index >= 15 is 0 Å². The zero-order valence-corrected chi connectivity index (χ0v) is 13.2. The van der Waals surface area contributed by atoms with Crippen LogP contribution in [0.1, 0.15) is 63.5 Å². The minimum absolute atomic E-state index is 0.369. The average molecular weight is 279 g/mol.